The molecule has 264 valence electrons. The zero-order chi connectivity index (χ0) is 35.3. The summed E-state index contributed by atoms with van der Waals surface area (Å²) in [5.41, 5.74) is 7.84. The van der Waals surface area contributed by atoms with Crippen molar-refractivity contribution < 1.29 is 9.53 Å². The number of hydrogen-bond donors (Lipinski definition) is 1. The highest BCUT2D eigenvalue weighted by Gasteiger charge is 2.21. The lowest BCUT2D eigenvalue weighted by molar-refractivity contribution is 0.00704. The molecule has 50 heavy (non-hydrogen) atoms. The molecule has 0 unspecified atom stereocenters. The number of esters is 1. The van der Waals surface area contributed by atoms with Gasteiger partial charge >= 0.3 is 5.97 Å². The Bertz CT molecular complexity index is 1790. The van der Waals surface area contributed by atoms with Crippen LogP contribution >= 0.6 is 0 Å². The van der Waals surface area contributed by atoms with Crippen LogP contribution in [0, 0.1) is 0 Å². The molecule has 0 aliphatic carbocycles. The number of nitrogens with zero attached hydrogens (tertiary/aromatic N) is 3. The van der Waals surface area contributed by atoms with E-state index in [4.69, 9.17) is 9.72 Å². The molecule has 1 N–H and O–H groups in total. The number of carbonyl (C=O) groups is 1. The first-order valence-corrected chi connectivity index (χ1v) is 18.7. The lowest BCUT2D eigenvalue weighted by atomic mass is 9.98. The Labute approximate surface area is 299 Å². The second-order valence-electron chi connectivity index (χ2n) is 14.3. The van der Waals surface area contributed by atoms with Crippen molar-refractivity contribution in [2.24, 2.45) is 0 Å². The Morgan fingerprint density at radius 2 is 1.50 bits per heavy atom. The summed E-state index contributed by atoms with van der Waals surface area (Å²) in [6.45, 7) is 14.0. The van der Waals surface area contributed by atoms with Crippen molar-refractivity contribution in [2.45, 2.75) is 98.1 Å². The van der Waals surface area contributed by atoms with Crippen molar-refractivity contribution in [1.29, 1.82) is 0 Å². The van der Waals surface area contributed by atoms with E-state index in [0.717, 1.165) is 80.8 Å². The minimum atomic E-state index is -0.552. The molecule has 0 atom stereocenters. The molecule has 4 aromatic carbocycles. The van der Waals surface area contributed by atoms with Crippen LogP contribution in [0.15, 0.2) is 97.1 Å². The minimum Gasteiger partial charge on any atom is -0.456 e. The van der Waals surface area contributed by atoms with Crippen LogP contribution in [0.1, 0.15) is 101 Å². The normalized spacial score (nSPS) is 11.5. The van der Waals surface area contributed by atoms with E-state index in [1.807, 2.05) is 45.0 Å². The van der Waals surface area contributed by atoms with Gasteiger partial charge in [-0.15, -0.1) is 0 Å². The van der Waals surface area contributed by atoms with E-state index < -0.39 is 5.60 Å². The van der Waals surface area contributed by atoms with Gasteiger partial charge in [-0.3, -0.25) is 0 Å². The topological polar surface area (TPSA) is 59.4 Å². The Kier molecular flexibility index (Phi) is 13.1. The third-order valence-corrected chi connectivity index (χ3v) is 9.07. The van der Waals surface area contributed by atoms with Gasteiger partial charge in [0.05, 0.1) is 16.6 Å². The fraction of sp³-hybridized carbons (Fsp3) is 0.409. The molecular weight excluding hydrogens is 617 g/mol. The van der Waals surface area contributed by atoms with Gasteiger partial charge in [-0.2, -0.15) is 0 Å². The van der Waals surface area contributed by atoms with Crippen LogP contribution in [-0.2, 0) is 17.7 Å². The maximum atomic E-state index is 13.0. The molecule has 0 saturated carbocycles. The highest BCUT2D eigenvalue weighted by Crippen LogP contribution is 2.29. The van der Waals surface area contributed by atoms with Crippen molar-refractivity contribution >= 4 is 28.4 Å². The number of unbranched alkanes of at least 4 members (excludes halogenated alkanes) is 4. The SMILES string of the molecule is CCCCCN(CCCCNc1ccccc1)c1ccc2nc(CCCC)n(Cc3ccc(-c4ccccc4C(=O)OC(C)(C)C)cc3)c2c1. The predicted octanol–water partition coefficient (Wildman–Crippen LogP) is 10.9. The fourth-order valence-corrected chi connectivity index (χ4v) is 6.42. The Balaban J connectivity index is 1.36. The zero-order valence-electron chi connectivity index (χ0n) is 30.9. The smallest absolute Gasteiger partial charge is 0.339 e. The second-order valence-corrected chi connectivity index (χ2v) is 14.3. The molecule has 0 radical (unpaired) electrons. The van der Waals surface area contributed by atoms with Gasteiger partial charge in [0.15, 0.2) is 0 Å². The van der Waals surface area contributed by atoms with E-state index in [0.29, 0.717) is 5.56 Å². The molecule has 0 spiro atoms. The van der Waals surface area contributed by atoms with Crippen LogP contribution in [0.25, 0.3) is 22.2 Å². The van der Waals surface area contributed by atoms with E-state index in [1.54, 1.807) is 0 Å². The fourth-order valence-electron chi connectivity index (χ4n) is 6.42. The van der Waals surface area contributed by atoms with E-state index in [-0.39, 0.29) is 5.97 Å². The van der Waals surface area contributed by atoms with Gasteiger partial charge in [-0.1, -0.05) is 93.8 Å². The molecular formula is C44H56N4O2. The van der Waals surface area contributed by atoms with Crippen LogP contribution in [0.5, 0.6) is 0 Å². The standard InChI is InChI=1S/C44H56N4O2/c1-6-8-16-30-47(31-17-15-29-45-36-18-11-10-12-19-36)37-27-28-40-41(32-37)48(42(46-40)22-9-7-2)33-34-23-25-35(26-24-34)38-20-13-14-21-39(38)43(49)50-44(3,4)5/h10-14,18-21,23-28,32,45H,6-9,15-17,22,29-31,33H2,1-5H3. The van der Waals surface area contributed by atoms with E-state index in [1.165, 1.54) is 41.7 Å². The van der Waals surface area contributed by atoms with Gasteiger partial charge in [0.2, 0.25) is 0 Å². The van der Waals surface area contributed by atoms with E-state index in [9.17, 15) is 4.79 Å². The van der Waals surface area contributed by atoms with Crippen LogP contribution in [-0.4, -0.2) is 40.8 Å². The summed E-state index contributed by atoms with van der Waals surface area (Å²) in [5, 5.41) is 3.56. The lowest BCUT2D eigenvalue weighted by Gasteiger charge is -2.25. The highest BCUT2D eigenvalue weighted by molar-refractivity contribution is 5.97. The molecule has 0 amide bonds. The van der Waals surface area contributed by atoms with Gasteiger partial charge in [-0.05, 0) is 99.5 Å². The number of anilines is 2. The first kappa shape index (κ1) is 36.7. The van der Waals surface area contributed by atoms with Crippen LogP contribution in [0.2, 0.25) is 0 Å². The highest BCUT2D eigenvalue weighted by atomic mass is 16.6. The number of hydrogen-bond acceptors (Lipinski definition) is 5. The predicted molar refractivity (Wildman–Crippen MR) is 210 cm³/mol. The van der Waals surface area contributed by atoms with Gasteiger partial charge in [-0.25, -0.2) is 9.78 Å². The van der Waals surface area contributed by atoms with Crippen LogP contribution in [0.4, 0.5) is 11.4 Å². The summed E-state index contributed by atoms with van der Waals surface area (Å²) >= 11 is 0. The molecule has 5 rings (SSSR count). The summed E-state index contributed by atoms with van der Waals surface area (Å²) in [6.07, 6.45) is 9.10. The number of aromatic nitrogens is 2. The van der Waals surface area contributed by atoms with Crippen molar-refractivity contribution in [2.75, 3.05) is 29.9 Å². The number of rotatable bonds is 18. The number of benzene rings is 4. The number of fused-ring (bicyclic) bond motifs is 1. The number of ether oxygens (including phenoxy) is 1. The number of aryl methyl sites for hydroxylation is 1. The van der Waals surface area contributed by atoms with Crippen molar-refractivity contribution in [1.82, 2.24) is 9.55 Å². The lowest BCUT2D eigenvalue weighted by Crippen LogP contribution is -2.26. The van der Waals surface area contributed by atoms with Crippen LogP contribution in [0.3, 0.4) is 0 Å². The van der Waals surface area contributed by atoms with Crippen molar-refractivity contribution in [3.8, 4) is 11.1 Å². The third-order valence-electron chi connectivity index (χ3n) is 9.07. The van der Waals surface area contributed by atoms with Gasteiger partial charge in [0.1, 0.15) is 11.4 Å². The molecule has 0 aliphatic heterocycles. The molecule has 6 heteroatoms. The number of imidazole rings is 1. The molecule has 0 fully saturated rings. The Morgan fingerprint density at radius 3 is 2.22 bits per heavy atom. The number of para-hydroxylation sites is 1. The quantitative estimate of drug-likeness (QED) is 0.0741. The Morgan fingerprint density at radius 1 is 0.800 bits per heavy atom. The summed E-state index contributed by atoms with van der Waals surface area (Å²) in [6, 6.07) is 33.6. The second kappa shape index (κ2) is 17.9. The van der Waals surface area contributed by atoms with Gasteiger partial charge in [0.25, 0.3) is 0 Å². The van der Waals surface area contributed by atoms with Crippen molar-refractivity contribution in [3.05, 3.63) is 114 Å². The maximum Gasteiger partial charge on any atom is 0.339 e. The van der Waals surface area contributed by atoms with Gasteiger partial charge < -0.3 is 19.5 Å². The number of carbonyl (C=O) groups excluding carboxylic acids is 1. The van der Waals surface area contributed by atoms with Crippen molar-refractivity contribution in [3.63, 3.8) is 0 Å². The first-order valence-electron chi connectivity index (χ1n) is 18.7. The summed E-state index contributed by atoms with van der Waals surface area (Å²) in [5.74, 6) is 0.842. The molecule has 5 aromatic rings. The number of nitrogens with one attached hydrogen (secondary N) is 1. The molecule has 0 bridgehead atoms. The molecule has 1 aromatic heterocycles. The molecule has 1 heterocycles. The van der Waals surface area contributed by atoms with Crippen LogP contribution < -0.4 is 10.2 Å². The maximum absolute atomic E-state index is 13.0. The molecule has 0 aliphatic rings. The van der Waals surface area contributed by atoms with E-state index >= 15 is 0 Å². The third kappa shape index (κ3) is 10.2. The monoisotopic (exact) mass is 672 g/mol. The summed E-state index contributed by atoms with van der Waals surface area (Å²) in [4.78, 5) is 20.8. The van der Waals surface area contributed by atoms with E-state index in [2.05, 4.69) is 101 Å². The van der Waals surface area contributed by atoms with Gasteiger partial charge in [0, 0.05) is 44.0 Å². The Hall–Kier alpha value is -4.58. The molecule has 6 nitrogen and oxygen atoms in total. The largest absolute Gasteiger partial charge is 0.456 e. The summed E-state index contributed by atoms with van der Waals surface area (Å²) < 4.78 is 8.14. The minimum absolute atomic E-state index is 0.300. The average Bonchev–Trinajstić information content (AvgIpc) is 3.45. The average molecular weight is 673 g/mol. The zero-order valence-corrected chi connectivity index (χ0v) is 30.9. The molecule has 0 saturated heterocycles. The first-order chi connectivity index (χ1) is 24.3. The summed E-state index contributed by atoms with van der Waals surface area (Å²) in [7, 11) is 0.